The van der Waals surface area contributed by atoms with Gasteiger partial charge in [0.2, 0.25) is 0 Å². The Morgan fingerprint density at radius 2 is 1.76 bits per heavy atom. The van der Waals surface area contributed by atoms with Crippen molar-refractivity contribution in [3.63, 3.8) is 0 Å². The maximum atomic E-state index is 14.0. The number of hydrogen-bond donors (Lipinski definition) is 1. The number of carbonyl (C=O) groups excluding carboxylic acids is 2. The summed E-state index contributed by atoms with van der Waals surface area (Å²) in [6, 6.07) is 12.3. The predicted molar refractivity (Wildman–Crippen MR) is 181 cm³/mol. The molecule has 1 N–H and O–H groups in total. The summed E-state index contributed by atoms with van der Waals surface area (Å²) in [5, 5.41) is 12.3. The van der Waals surface area contributed by atoms with Gasteiger partial charge in [-0.25, -0.2) is 9.97 Å². The second kappa shape index (κ2) is 12.6. The van der Waals surface area contributed by atoms with Gasteiger partial charge in [0.1, 0.15) is 11.3 Å². The van der Waals surface area contributed by atoms with Crippen LogP contribution in [0.2, 0.25) is 0 Å². The number of hydrogen-bond acceptors (Lipinski definition) is 8. The Bertz CT molecular complexity index is 2020. The van der Waals surface area contributed by atoms with E-state index in [1.165, 1.54) is 16.2 Å². The Morgan fingerprint density at radius 3 is 2.50 bits per heavy atom. The Labute approximate surface area is 272 Å². The SMILES string of the molecule is CCCCCOc1ccc(C2C(=C(O)c3nc4c(C)cccn4c3C)C(=O)C(=O)N2c2nc3c(C)cc(C)cc3s2)cc1OCC. The molecule has 1 saturated heterocycles. The minimum atomic E-state index is -0.986. The number of aromatic nitrogens is 3. The van der Waals surface area contributed by atoms with Gasteiger partial charge < -0.3 is 19.0 Å². The van der Waals surface area contributed by atoms with Crippen LogP contribution in [0.4, 0.5) is 5.13 Å². The van der Waals surface area contributed by atoms with Crippen molar-refractivity contribution >= 4 is 49.8 Å². The first-order valence-corrected chi connectivity index (χ1v) is 16.5. The number of nitrogens with zero attached hydrogens (tertiary/aromatic N) is 4. The molecule has 1 aliphatic rings. The number of rotatable bonds is 10. The van der Waals surface area contributed by atoms with Crippen molar-refractivity contribution in [3.05, 3.63) is 87.9 Å². The van der Waals surface area contributed by atoms with E-state index in [1.54, 1.807) is 12.1 Å². The third kappa shape index (κ3) is 5.40. The van der Waals surface area contributed by atoms with Crippen molar-refractivity contribution in [3.8, 4) is 11.5 Å². The normalized spacial score (nSPS) is 16.2. The molecule has 1 fully saturated rings. The van der Waals surface area contributed by atoms with Crippen molar-refractivity contribution in [2.45, 2.75) is 66.8 Å². The summed E-state index contributed by atoms with van der Waals surface area (Å²) >= 11 is 1.34. The van der Waals surface area contributed by atoms with Crippen molar-refractivity contribution in [2.24, 2.45) is 0 Å². The van der Waals surface area contributed by atoms with Gasteiger partial charge in [0.05, 0.1) is 40.7 Å². The van der Waals surface area contributed by atoms with Crippen LogP contribution in [0.1, 0.15) is 72.8 Å². The highest BCUT2D eigenvalue weighted by molar-refractivity contribution is 7.22. The van der Waals surface area contributed by atoms with E-state index >= 15 is 0 Å². The fourth-order valence-corrected chi connectivity index (χ4v) is 7.27. The number of anilines is 1. The van der Waals surface area contributed by atoms with E-state index in [2.05, 4.69) is 6.92 Å². The quantitative estimate of drug-likeness (QED) is 0.0721. The first-order valence-electron chi connectivity index (χ1n) is 15.7. The van der Waals surface area contributed by atoms with Crippen molar-refractivity contribution in [1.82, 2.24) is 14.4 Å². The van der Waals surface area contributed by atoms with Gasteiger partial charge in [-0.05, 0) is 87.6 Å². The maximum absolute atomic E-state index is 14.0. The Kier molecular flexibility index (Phi) is 8.57. The lowest BCUT2D eigenvalue weighted by molar-refractivity contribution is -0.132. The van der Waals surface area contributed by atoms with E-state index in [1.807, 2.05) is 75.5 Å². The zero-order valence-corrected chi connectivity index (χ0v) is 27.8. The van der Waals surface area contributed by atoms with Gasteiger partial charge in [-0.2, -0.15) is 0 Å². The number of ketones is 1. The van der Waals surface area contributed by atoms with Gasteiger partial charge in [0.25, 0.3) is 5.78 Å². The number of carbonyl (C=O) groups is 2. The van der Waals surface area contributed by atoms with Crippen LogP contribution in [0.25, 0.3) is 21.6 Å². The highest BCUT2D eigenvalue weighted by Crippen LogP contribution is 2.46. The second-order valence-corrected chi connectivity index (χ2v) is 12.7. The minimum absolute atomic E-state index is 0.0552. The van der Waals surface area contributed by atoms with Crippen LogP contribution < -0.4 is 14.4 Å². The first kappa shape index (κ1) is 31.3. The Hall–Kier alpha value is -4.70. The molecule has 0 bridgehead atoms. The molecule has 1 atom stereocenters. The summed E-state index contributed by atoms with van der Waals surface area (Å²) in [4.78, 5) is 38.9. The number of imidazole rings is 1. The van der Waals surface area contributed by atoms with Crippen molar-refractivity contribution in [1.29, 1.82) is 0 Å². The zero-order chi connectivity index (χ0) is 32.7. The van der Waals surface area contributed by atoms with E-state index < -0.39 is 17.7 Å². The number of thiazole rings is 1. The molecule has 0 radical (unpaired) electrons. The third-order valence-corrected chi connectivity index (χ3v) is 9.37. The van der Waals surface area contributed by atoms with Gasteiger partial charge >= 0.3 is 5.91 Å². The highest BCUT2D eigenvalue weighted by Gasteiger charge is 2.49. The molecule has 1 amide bonds. The number of Topliss-reactive ketones (excluding diaryl/α,β-unsaturated/α-hetero) is 1. The van der Waals surface area contributed by atoms with Gasteiger partial charge in [0.15, 0.2) is 22.4 Å². The predicted octanol–water partition coefficient (Wildman–Crippen LogP) is 7.77. The van der Waals surface area contributed by atoms with E-state index in [0.717, 1.165) is 46.2 Å². The van der Waals surface area contributed by atoms with Gasteiger partial charge in [-0.1, -0.05) is 49.3 Å². The molecule has 5 aromatic rings. The van der Waals surface area contributed by atoms with Crippen LogP contribution >= 0.6 is 11.3 Å². The Balaban J connectivity index is 1.55. The summed E-state index contributed by atoms with van der Waals surface area (Å²) in [6.45, 7) is 12.7. The van der Waals surface area contributed by atoms with E-state index in [9.17, 15) is 14.7 Å². The molecule has 2 aromatic carbocycles. The highest BCUT2D eigenvalue weighted by atomic mass is 32.1. The first-order chi connectivity index (χ1) is 22.1. The lowest BCUT2D eigenvalue weighted by Crippen LogP contribution is -2.29. The number of aryl methyl sites for hydroxylation is 4. The number of pyridine rings is 1. The number of benzene rings is 2. The number of ether oxygens (including phenoxy) is 2. The minimum Gasteiger partial charge on any atom is -0.505 e. The molecule has 10 heteroatoms. The Morgan fingerprint density at radius 1 is 0.957 bits per heavy atom. The van der Waals surface area contributed by atoms with E-state index in [0.29, 0.717) is 46.7 Å². The number of aliphatic hydroxyl groups is 1. The molecule has 4 heterocycles. The van der Waals surface area contributed by atoms with Crippen LogP contribution in [0.5, 0.6) is 11.5 Å². The van der Waals surface area contributed by atoms with Crippen molar-refractivity contribution in [2.75, 3.05) is 18.1 Å². The average Bonchev–Trinajstić information content (AvgIpc) is 3.68. The molecular formula is C36H38N4O5S. The summed E-state index contributed by atoms with van der Waals surface area (Å²) in [6.07, 6.45) is 4.91. The molecule has 6 rings (SSSR count). The molecule has 9 nitrogen and oxygen atoms in total. The van der Waals surface area contributed by atoms with Gasteiger partial charge in [-0.3, -0.25) is 14.5 Å². The fourth-order valence-electron chi connectivity index (χ4n) is 6.10. The van der Waals surface area contributed by atoms with Crippen molar-refractivity contribution < 1.29 is 24.2 Å². The van der Waals surface area contributed by atoms with Crippen LogP contribution in [-0.4, -0.2) is 44.4 Å². The molecule has 238 valence electrons. The van der Waals surface area contributed by atoms with Crippen LogP contribution in [0.15, 0.2) is 54.2 Å². The van der Waals surface area contributed by atoms with Crippen LogP contribution in [0, 0.1) is 27.7 Å². The summed E-state index contributed by atoms with van der Waals surface area (Å²) in [5.41, 5.74) is 5.81. The number of unbranched alkanes of at least 4 members (excludes halogenated alkanes) is 2. The lowest BCUT2D eigenvalue weighted by Gasteiger charge is -2.24. The zero-order valence-electron chi connectivity index (χ0n) is 27.0. The number of amides is 1. The molecule has 0 saturated carbocycles. The third-order valence-electron chi connectivity index (χ3n) is 8.37. The van der Waals surface area contributed by atoms with E-state index in [-0.39, 0.29) is 17.0 Å². The average molecular weight is 639 g/mol. The second-order valence-electron chi connectivity index (χ2n) is 11.7. The molecule has 1 unspecified atom stereocenters. The smallest absolute Gasteiger partial charge is 0.301 e. The number of aliphatic hydroxyl groups excluding tert-OH is 1. The lowest BCUT2D eigenvalue weighted by atomic mass is 9.96. The molecular weight excluding hydrogens is 600 g/mol. The topological polar surface area (TPSA) is 106 Å². The molecule has 46 heavy (non-hydrogen) atoms. The monoisotopic (exact) mass is 638 g/mol. The molecule has 1 aliphatic heterocycles. The van der Waals surface area contributed by atoms with Crippen LogP contribution in [-0.2, 0) is 9.59 Å². The molecule has 0 aliphatic carbocycles. The summed E-state index contributed by atoms with van der Waals surface area (Å²) in [5.74, 6) is -0.831. The maximum Gasteiger partial charge on any atom is 0.301 e. The van der Waals surface area contributed by atoms with Gasteiger partial charge in [-0.15, -0.1) is 0 Å². The number of fused-ring (bicyclic) bond motifs is 2. The largest absolute Gasteiger partial charge is 0.505 e. The standard InChI is InChI=1S/C36H38N4O5S/c1-7-9-10-16-45-25-14-13-24(19-26(25)44-8-2)31-28(32(41)30-23(6)39-15-11-12-21(4)34(39)37-30)33(42)35(43)40(31)36-38-29-22(5)17-20(3)18-27(29)46-36/h11-15,17-19,31,41H,7-10,16H2,1-6H3. The fraction of sp³-hybridized carbons (Fsp3) is 0.333. The van der Waals surface area contributed by atoms with Gasteiger partial charge in [0, 0.05) is 6.20 Å². The molecule has 3 aromatic heterocycles. The van der Waals surface area contributed by atoms with E-state index in [4.69, 9.17) is 19.4 Å². The summed E-state index contributed by atoms with van der Waals surface area (Å²) in [7, 11) is 0. The molecule has 0 spiro atoms. The summed E-state index contributed by atoms with van der Waals surface area (Å²) < 4.78 is 14.8. The van der Waals surface area contributed by atoms with Crippen LogP contribution in [0.3, 0.4) is 0 Å².